The fourth-order valence-corrected chi connectivity index (χ4v) is 5.76. The van der Waals surface area contributed by atoms with Crippen LogP contribution in [0.25, 0.3) is 11.1 Å². The molecule has 0 saturated heterocycles. The van der Waals surface area contributed by atoms with Crippen molar-refractivity contribution in [2.75, 3.05) is 5.75 Å². The number of benzene rings is 2. The Morgan fingerprint density at radius 1 is 1.14 bits per heavy atom. The van der Waals surface area contributed by atoms with Gasteiger partial charge in [-0.3, -0.25) is 9.36 Å². The first-order valence-corrected chi connectivity index (χ1v) is 14.1. The zero-order valence-electron chi connectivity index (χ0n) is 22.0. The van der Waals surface area contributed by atoms with Gasteiger partial charge in [-0.15, -0.1) is 16.8 Å². The summed E-state index contributed by atoms with van der Waals surface area (Å²) in [7, 11) is 0. The molecule has 0 amide bonds. The molecule has 0 radical (unpaired) electrons. The Balaban J connectivity index is 1.40. The summed E-state index contributed by atoms with van der Waals surface area (Å²) < 4.78 is 14.1. The topological polar surface area (TPSA) is 66.2 Å². The van der Waals surface area contributed by atoms with E-state index in [1.165, 1.54) is 18.2 Å². The largest absolute Gasteiger partial charge is 0.485 e. The predicted molar refractivity (Wildman–Crippen MR) is 148 cm³/mol. The van der Waals surface area contributed by atoms with Gasteiger partial charge in [0, 0.05) is 12.1 Å². The Bertz CT molecular complexity index is 1180. The number of hydrogen-bond donors (Lipinski definition) is 0. The zero-order valence-corrected chi connectivity index (χ0v) is 22.8. The molecule has 6 nitrogen and oxygen atoms in total. The lowest BCUT2D eigenvalue weighted by molar-refractivity contribution is -0.152. The van der Waals surface area contributed by atoms with Gasteiger partial charge in [-0.2, -0.15) is 0 Å². The molecular formula is C30H37N3O3S. The van der Waals surface area contributed by atoms with Gasteiger partial charge in [0.05, 0.1) is 5.75 Å². The van der Waals surface area contributed by atoms with Crippen molar-refractivity contribution in [1.29, 1.82) is 0 Å². The summed E-state index contributed by atoms with van der Waals surface area (Å²) >= 11 is 1.35. The maximum Gasteiger partial charge on any atom is 0.316 e. The van der Waals surface area contributed by atoms with Crippen LogP contribution >= 0.6 is 11.8 Å². The Hall–Kier alpha value is -3.06. The molecule has 4 rings (SSSR count). The summed E-state index contributed by atoms with van der Waals surface area (Å²) in [5.74, 6) is 2.98. The molecule has 3 atom stereocenters. The molecule has 7 heteroatoms. The molecule has 1 heterocycles. The quantitative estimate of drug-likeness (QED) is 0.158. The normalized spacial score (nSPS) is 19.5. The maximum absolute atomic E-state index is 12.8. The second-order valence-electron chi connectivity index (χ2n) is 10.1. The molecule has 37 heavy (non-hydrogen) atoms. The lowest BCUT2D eigenvalue weighted by atomic mass is 9.75. The van der Waals surface area contributed by atoms with Crippen molar-refractivity contribution in [2.24, 2.45) is 17.8 Å². The fraction of sp³-hybridized carbons (Fsp3) is 0.433. The van der Waals surface area contributed by atoms with E-state index >= 15 is 0 Å². The molecule has 1 aliphatic carbocycles. The molecule has 1 aliphatic rings. The molecule has 0 unspecified atom stereocenters. The molecule has 0 aliphatic heterocycles. The molecule has 1 aromatic heterocycles. The summed E-state index contributed by atoms with van der Waals surface area (Å²) in [6.45, 7) is 11.3. The molecule has 196 valence electrons. The van der Waals surface area contributed by atoms with Crippen molar-refractivity contribution in [3.63, 3.8) is 0 Å². The summed E-state index contributed by atoms with van der Waals surface area (Å²) in [6, 6.07) is 18.1. The summed E-state index contributed by atoms with van der Waals surface area (Å²) in [4.78, 5) is 12.8. The first-order chi connectivity index (χ1) is 18.0. The smallest absolute Gasteiger partial charge is 0.316 e. The minimum Gasteiger partial charge on any atom is -0.485 e. The predicted octanol–water partition coefficient (Wildman–Crippen LogP) is 6.81. The summed E-state index contributed by atoms with van der Waals surface area (Å²) in [5, 5.41) is 9.36. The molecule has 0 N–H and O–H groups in total. The van der Waals surface area contributed by atoms with Gasteiger partial charge in [0.2, 0.25) is 0 Å². The number of carbonyl (C=O) groups is 1. The second kappa shape index (κ2) is 13.0. The van der Waals surface area contributed by atoms with Gasteiger partial charge in [-0.25, -0.2) is 0 Å². The summed E-state index contributed by atoms with van der Waals surface area (Å²) in [5.41, 5.74) is 2.11. The van der Waals surface area contributed by atoms with E-state index in [-0.39, 0.29) is 24.4 Å². The van der Waals surface area contributed by atoms with Gasteiger partial charge >= 0.3 is 5.97 Å². The minimum atomic E-state index is -0.197. The third kappa shape index (κ3) is 7.04. The van der Waals surface area contributed by atoms with Crippen molar-refractivity contribution in [1.82, 2.24) is 14.8 Å². The van der Waals surface area contributed by atoms with E-state index in [2.05, 4.69) is 49.7 Å². The van der Waals surface area contributed by atoms with E-state index in [1.807, 2.05) is 47.0 Å². The van der Waals surface area contributed by atoms with Gasteiger partial charge in [0.15, 0.2) is 11.0 Å². The molecule has 3 aromatic rings. The molecule has 0 bridgehead atoms. The number of nitrogens with zero attached hydrogens (tertiary/aromatic N) is 3. The Morgan fingerprint density at radius 2 is 1.89 bits per heavy atom. The van der Waals surface area contributed by atoms with Crippen molar-refractivity contribution < 1.29 is 14.3 Å². The monoisotopic (exact) mass is 519 g/mol. The number of esters is 1. The molecule has 0 spiro atoms. The van der Waals surface area contributed by atoms with Crippen LogP contribution in [0.4, 0.5) is 0 Å². The number of rotatable bonds is 11. The van der Waals surface area contributed by atoms with Crippen molar-refractivity contribution >= 4 is 17.7 Å². The Morgan fingerprint density at radius 3 is 2.65 bits per heavy atom. The number of allylic oxidation sites excluding steroid dienone is 1. The van der Waals surface area contributed by atoms with Crippen LogP contribution in [0.1, 0.15) is 45.9 Å². The lowest BCUT2D eigenvalue weighted by Crippen LogP contribution is -2.36. The third-order valence-corrected chi connectivity index (χ3v) is 7.94. The number of aromatic nitrogens is 3. The van der Waals surface area contributed by atoms with Crippen LogP contribution in [0.5, 0.6) is 5.75 Å². The number of thioether (sulfide) groups is 1. The summed E-state index contributed by atoms with van der Waals surface area (Å²) in [6.07, 6.45) is 5.06. The fourth-order valence-electron chi connectivity index (χ4n) is 5.01. The average molecular weight is 520 g/mol. The van der Waals surface area contributed by atoms with E-state index < -0.39 is 0 Å². The molecule has 1 fully saturated rings. The van der Waals surface area contributed by atoms with E-state index in [0.29, 0.717) is 35.3 Å². The van der Waals surface area contributed by atoms with Gasteiger partial charge in [-0.05, 0) is 42.2 Å². The Labute approximate surface area is 224 Å². The number of carbonyl (C=O) groups excluding carboxylic acids is 1. The van der Waals surface area contributed by atoms with Gasteiger partial charge in [-0.1, -0.05) is 93.6 Å². The van der Waals surface area contributed by atoms with E-state index in [0.717, 1.165) is 29.7 Å². The highest BCUT2D eigenvalue weighted by molar-refractivity contribution is 7.99. The van der Waals surface area contributed by atoms with Crippen molar-refractivity contribution in [3.05, 3.63) is 73.1 Å². The van der Waals surface area contributed by atoms with Crippen LogP contribution in [0, 0.1) is 17.8 Å². The number of hydrogen-bond acceptors (Lipinski definition) is 6. The average Bonchev–Trinajstić information content (AvgIpc) is 3.28. The number of ether oxygens (including phenoxy) is 2. The van der Waals surface area contributed by atoms with Crippen LogP contribution in [0.15, 0.2) is 72.4 Å². The van der Waals surface area contributed by atoms with Gasteiger partial charge in [0.1, 0.15) is 18.5 Å². The SMILES string of the molecule is C=CCn1c(COc2ccccc2-c2ccccc2)nnc1SCC(=O)O[C@H]1C[C@H](C)CC[C@@H]1C(C)C. The highest BCUT2D eigenvalue weighted by Crippen LogP contribution is 2.36. The van der Waals surface area contributed by atoms with Crippen LogP contribution < -0.4 is 4.74 Å². The van der Waals surface area contributed by atoms with Gasteiger partial charge in [0.25, 0.3) is 0 Å². The molecule has 1 saturated carbocycles. The highest BCUT2D eigenvalue weighted by atomic mass is 32.2. The zero-order chi connectivity index (χ0) is 26.2. The van der Waals surface area contributed by atoms with E-state index in [4.69, 9.17) is 9.47 Å². The Kier molecular flexibility index (Phi) is 9.45. The van der Waals surface area contributed by atoms with E-state index in [1.54, 1.807) is 6.08 Å². The van der Waals surface area contributed by atoms with Crippen LogP contribution in [0.2, 0.25) is 0 Å². The standard InChI is InChI=1S/C30H37N3O3S/c1-5-17-33-28(19-35-26-14-10-9-13-25(26)23-11-7-6-8-12-23)31-32-30(33)37-20-29(34)36-27-18-22(4)15-16-24(27)21(2)3/h5-14,21-22,24,27H,1,15-20H2,2-4H3/t22-,24-,27+/m1/s1. The molecular weight excluding hydrogens is 482 g/mol. The number of para-hydroxylation sites is 1. The first kappa shape index (κ1) is 27.0. The first-order valence-electron chi connectivity index (χ1n) is 13.1. The lowest BCUT2D eigenvalue weighted by Gasteiger charge is -2.36. The third-order valence-electron chi connectivity index (χ3n) is 7.00. The van der Waals surface area contributed by atoms with E-state index in [9.17, 15) is 4.79 Å². The molecule has 2 aromatic carbocycles. The van der Waals surface area contributed by atoms with Crippen LogP contribution in [-0.2, 0) is 22.7 Å². The highest BCUT2D eigenvalue weighted by Gasteiger charge is 2.33. The maximum atomic E-state index is 12.8. The van der Waals surface area contributed by atoms with Crippen LogP contribution in [0.3, 0.4) is 0 Å². The second-order valence-corrected chi connectivity index (χ2v) is 11.0. The van der Waals surface area contributed by atoms with Crippen molar-refractivity contribution in [2.45, 2.75) is 64.4 Å². The van der Waals surface area contributed by atoms with Crippen molar-refractivity contribution in [3.8, 4) is 16.9 Å². The minimum absolute atomic E-state index is 0.00320. The van der Waals surface area contributed by atoms with Crippen LogP contribution in [-0.4, -0.2) is 32.6 Å². The van der Waals surface area contributed by atoms with Gasteiger partial charge < -0.3 is 9.47 Å².